The van der Waals surface area contributed by atoms with Crippen LogP contribution in [-0.2, 0) is 4.79 Å². The number of aryl methyl sites for hydroxylation is 1. The second-order valence-electron chi connectivity index (χ2n) is 10.9. The Hall–Kier alpha value is -2.31. The number of carbonyl (C=O) groups is 1. The number of benzene rings is 1. The maximum Gasteiger partial charge on any atom is 0.156 e. The van der Waals surface area contributed by atoms with Gasteiger partial charge < -0.3 is 10.0 Å². The molecule has 2 fully saturated rings. The van der Waals surface area contributed by atoms with E-state index in [1.807, 2.05) is 6.08 Å². The molecular weight excluding hydrogens is 406 g/mol. The van der Waals surface area contributed by atoms with Crippen molar-refractivity contribution in [3.63, 3.8) is 0 Å². The van der Waals surface area contributed by atoms with Crippen molar-refractivity contribution in [2.24, 2.45) is 17.3 Å². The Morgan fingerprint density at radius 2 is 1.88 bits per heavy atom. The number of aliphatic hydroxyl groups excluding tert-OH is 1. The smallest absolute Gasteiger partial charge is 0.156 e. The molecule has 176 valence electrons. The van der Waals surface area contributed by atoms with Gasteiger partial charge in [0.15, 0.2) is 5.78 Å². The quantitative estimate of drug-likeness (QED) is 0.571. The van der Waals surface area contributed by atoms with Crippen molar-refractivity contribution >= 4 is 11.5 Å². The highest BCUT2D eigenvalue weighted by atomic mass is 16.3. The number of ketones is 1. The maximum atomic E-state index is 12.1. The van der Waals surface area contributed by atoms with Crippen LogP contribution in [0.5, 0.6) is 0 Å². The van der Waals surface area contributed by atoms with Gasteiger partial charge in [0, 0.05) is 32.1 Å². The van der Waals surface area contributed by atoms with Crippen molar-refractivity contribution in [1.29, 1.82) is 0 Å². The van der Waals surface area contributed by atoms with E-state index in [2.05, 4.69) is 63.4 Å². The number of terminal acetylenes is 1. The lowest BCUT2D eigenvalue weighted by Crippen LogP contribution is -2.45. The molecule has 0 spiro atoms. The summed E-state index contributed by atoms with van der Waals surface area (Å²) >= 11 is 0. The van der Waals surface area contributed by atoms with E-state index < -0.39 is 0 Å². The minimum atomic E-state index is -0.192. The van der Waals surface area contributed by atoms with Crippen LogP contribution >= 0.6 is 0 Å². The van der Waals surface area contributed by atoms with Crippen molar-refractivity contribution < 1.29 is 9.90 Å². The average Bonchev–Trinajstić information content (AvgIpc) is 3.07. The zero-order valence-electron chi connectivity index (χ0n) is 20.9. The molecule has 0 heterocycles. The number of fused-ring (bicyclic) bond motifs is 4. The summed E-state index contributed by atoms with van der Waals surface area (Å²) in [7, 11) is 4.18. The van der Waals surface area contributed by atoms with Gasteiger partial charge in [-0.2, -0.15) is 0 Å². The van der Waals surface area contributed by atoms with Crippen LogP contribution in [0.15, 0.2) is 41.0 Å². The molecule has 0 amide bonds. The summed E-state index contributed by atoms with van der Waals surface area (Å²) in [5.74, 6) is 4.03. The maximum absolute atomic E-state index is 12.1. The van der Waals surface area contributed by atoms with Gasteiger partial charge in [0.1, 0.15) is 0 Å². The summed E-state index contributed by atoms with van der Waals surface area (Å²) in [6, 6.07) is 6.88. The topological polar surface area (TPSA) is 40.5 Å². The molecule has 1 aromatic carbocycles. The fourth-order valence-electron chi connectivity index (χ4n) is 7.24. The standard InChI is InChI=1S/C27H35NO2.C3H4/c1-16-13-18(28(3)4)6-9-20(16)23-15-27(2)24(11-12-25(27)30)22-8-5-17-14-19(29)7-10-21(17)26(22)23;1-3-2/h6,9,13-14,22-25,30H,5,7-8,10-12,15H2,1-4H3;1H,2H3. The van der Waals surface area contributed by atoms with Crippen LogP contribution in [0.3, 0.4) is 0 Å². The van der Waals surface area contributed by atoms with Gasteiger partial charge >= 0.3 is 0 Å². The highest BCUT2D eigenvalue weighted by Gasteiger charge is 2.56. The van der Waals surface area contributed by atoms with E-state index in [4.69, 9.17) is 0 Å². The lowest BCUT2D eigenvalue weighted by atomic mass is 9.53. The van der Waals surface area contributed by atoms with Crippen LogP contribution in [-0.4, -0.2) is 31.1 Å². The third-order valence-electron chi connectivity index (χ3n) is 8.83. The first kappa shape index (κ1) is 23.8. The molecule has 3 heteroatoms. The SMILES string of the molecule is C#CC.Cc1cc(N(C)C)ccc1C1CC2(C)C(O)CCC2C2CCC3=CC(=O)CCC3=C12. The molecule has 0 bridgehead atoms. The Kier molecular flexibility index (Phi) is 6.61. The minimum absolute atomic E-state index is 0.00223. The van der Waals surface area contributed by atoms with Gasteiger partial charge in [-0.3, -0.25) is 4.79 Å². The summed E-state index contributed by atoms with van der Waals surface area (Å²) in [4.78, 5) is 14.3. The predicted octanol–water partition coefficient (Wildman–Crippen LogP) is 5.96. The molecule has 5 atom stereocenters. The van der Waals surface area contributed by atoms with Crippen molar-refractivity contribution in [3.8, 4) is 12.3 Å². The molecule has 5 rings (SSSR count). The van der Waals surface area contributed by atoms with E-state index in [-0.39, 0.29) is 11.5 Å². The molecule has 33 heavy (non-hydrogen) atoms. The Morgan fingerprint density at radius 1 is 1.15 bits per heavy atom. The first-order valence-corrected chi connectivity index (χ1v) is 12.5. The second kappa shape index (κ2) is 9.15. The zero-order valence-corrected chi connectivity index (χ0v) is 20.9. The van der Waals surface area contributed by atoms with E-state index in [1.54, 1.807) is 12.5 Å². The molecular formula is C30H39NO2. The minimum Gasteiger partial charge on any atom is -0.393 e. The average molecular weight is 446 g/mol. The lowest BCUT2D eigenvalue weighted by molar-refractivity contribution is -0.114. The van der Waals surface area contributed by atoms with Gasteiger partial charge in [-0.05, 0) is 110 Å². The number of hydrogen-bond donors (Lipinski definition) is 1. The number of anilines is 1. The Labute approximate surface area is 200 Å². The molecule has 4 aliphatic carbocycles. The van der Waals surface area contributed by atoms with Crippen molar-refractivity contribution in [2.45, 2.75) is 77.7 Å². The Bertz CT molecular complexity index is 1040. The number of hydrogen-bond acceptors (Lipinski definition) is 3. The predicted molar refractivity (Wildman–Crippen MR) is 136 cm³/mol. The lowest BCUT2D eigenvalue weighted by Gasteiger charge is -2.52. The first-order chi connectivity index (χ1) is 15.7. The number of aliphatic hydroxyl groups is 1. The summed E-state index contributed by atoms with van der Waals surface area (Å²) in [5.41, 5.74) is 8.43. The number of carbonyl (C=O) groups excluding carboxylic acids is 1. The number of allylic oxidation sites excluding steroid dienone is 4. The van der Waals surface area contributed by atoms with E-state index in [9.17, 15) is 9.90 Å². The van der Waals surface area contributed by atoms with Gasteiger partial charge in [-0.15, -0.1) is 12.3 Å². The molecule has 0 aliphatic heterocycles. The van der Waals surface area contributed by atoms with Crippen molar-refractivity contribution in [2.75, 3.05) is 19.0 Å². The first-order valence-electron chi connectivity index (χ1n) is 12.5. The van der Waals surface area contributed by atoms with E-state index in [0.29, 0.717) is 30.0 Å². The van der Waals surface area contributed by atoms with Gasteiger partial charge in [-0.25, -0.2) is 0 Å². The van der Waals surface area contributed by atoms with Crippen LogP contribution in [0, 0.1) is 36.5 Å². The fraction of sp³-hybridized carbons (Fsp3) is 0.567. The van der Waals surface area contributed by atoms with Gasteiger partial charge in [0.25, 0.3) is 0 Å². The molecule has 0 saturated heterocycles. The normalized spacial score (nSPS) is 32.5. The third kappa shape index (κ3) is 4.08. The summed E-state index contributed by atoms with van der Waals surface area (Å²) in [5, 5.41) is 11.0. The molecule has 1 N–H and O–H groups in total. The summed E-state index contributed by atoms with van der Waals surface area (Å²) in [6.45, 7) is 6.25. The monoisotopic (exact) mass is 445 g/mol. The Morgan fingerprint density at radius 3 is 2.55 bits per heavy atom. The number of rotatable bonds is 2. The molecule has 4 aliphatic rings. The van der Waals surface area contributed by atoms with E-state index in [0.717, 1.165) is 38.5 Å². The highest BCUT2D eigenvalue weighted by molar-refractivity contribution is 5.93. The fourth-order valence-corrected chi connectivity index (χ4v) is 7.24. The summed E-state index contributed by atoms with van der Waals surface area (Å²) in [6.07, 6.45) is 13.2. The third-order valence-corrected chi connectivity index (χ3v) is 8.83. The van der Waals surface area contributed by atoms with Crippen molar-refractivity contribution in [3.05, 3.63) is 52.1 Å². The molecule has 2 saturated carbocycles. The van der Waals surface area contributed by atoms with Crippen LogP contribution in [0.25, 0.3) is 0 Å². The van der Waals surface area contributed by atoms with Gasteiger partial charge in [0.2, 0.25) is 0 Å². The van der Waals surface area contributed by atoms with Crippen LogP contribution < -0.4 is 4.90 Å². The molecule has 5 unspecified atom stereocenters. The molecule has 0 radical (unpaired) electrons. The van der Waals surface area contributed by atoms with Crippen LogP contribution in [0.2, 0.25) is 0 Å². The zero-order chi connectivity index (χ0) is 23.9. The van der Waals surface area contributed by atoms with E-state index >= 15 is 0 Å². The molecule has 3 nitrogen and oxygen atoms in total. The van der Waals surface area contributed by atoms with Crippen LogP contribution in [0.1, 0.15) is 75.8 Å². The van der Waals surface area contributed by atoms with Crippen LogP contribution in [0.4, 0.5) is 5.69 Å². The molecule has 1 aromatic rings. The molecule has 0 aromatic heterocycles. The summed E-state index contributed by atoms with van der Waals surface area (Å²) < 4.78 is 0. The van der Waals surface area contributed by atoms with E-state index in [1.165, 1.54) is 28.0 Å². The highest BCUT2D eigenvalue weighted by Crippen LogP contribution is 2.64. The van der Waals surface area contributed by atoms with Gasteiger partial charge in [-0.1, -0.05) is 18.6 Å². The van der Waals surface area contributed by atoms with Gasteiger partial charge in [0.05, 0.1) is 6.10 Å². The largest absolute Gasteiger partial charge is 0.393 e. The van der Waals surface area contributed by atoms with Crippen molar-refractivity contribution in [1.82, 2.24) is 0 Å². The second-order valence-corrected chi connectivity index (χ2v) is 10.9. The number of nitrogens with zero attached hydrogens (tertiary/aromatic N) is 1. The Balaban J connectivity index is 0.000000821.